The second-order valence-electron chi connectivity index (χ2n) is 6.34. The van der Waals surface area contributed by atoms with E-state index in [9.17, 15) is 14.9 Å². The summed E-state index contributed by atoms with van der Waals surface area (Å²) in [6, 6.07) is 7.27. The van der Waals surface area contributed by atoms with E-state index in [4.69, 9.17) is 4.74 Å². The fraction of sp³-hybridized carbons (Fsp3) is 0.500. The molecule has 24 heavy (non-hydrogen) atoms. The van der Waals surface area contributed by atoms with E-state index >= 15 is 0 Å². The van der Waals surface area contributed by atoms with Gasteiger partial charge in [-0.3, -0.25) is 4.79 Å². The van der Waals surface area contributed by atoms with Crippen molar-refractivity contribution in [3.63, 3.8) is 0 Å². The summed E-state index contributed by atoms with van der Waals surface area (Å²) in [5.74, 6) is 0.277. The first-order valence-corrected chi connectivity index (χ1v) is 8.14. The van der Waals surface area contributed by atoms with Crippen molar-refractivity contribution in [1.82, 2.24) is 4.90 Å². The van der Waals surface area contributed by atoms with E-state index in [1.54, 1.807) is 23.1 Å². The number of Topliss-reactive ketones (excluding diaryl/α,β-unsaturated/α-hetero) is 1. The largest absolute Gasteiger partial charge is 0.449 e. The van der Waals surface area contributed by atoms with Crippen LogP contribution in [0.3, 0.4) is 0 Å². The average molecular weight is 329 g/mol. The number of hydrogen-bond acceptors (Lipinski definition) is 5. The molecule has 0 aliphatic carbocycles. The van der Waals surface area contributed by atoms with E-state index < -0.39 is 0 Å². The van der Waals surface area contributed by atoms with Crippen molar-refractivity contribution >= 4 is 17.6 Å². The molecule has 0 aromatic heterocycles. The maximum Gasteiger partial charge on any atom is 0.409 e. The van der Waals surface area contributed by atoms with Crippen molar-refractivity contribution < 1.29 is 14.3 Å². The Labute approximate surface area is 142 Å². The number of rotatable bonds is 4. The van der Waals surface area contributed by atoms with Crippen LogP contribution in [0.2, 0.25) is 0 Å². The molecule has 0 saturated carbocycles. The molecule has 1 aliphatic rings. The zero-order valence-electron chi connectivity index (χ0n) is 14.4. The fourth-order valence-electron chi connectivity index (χ4n) is 2.57. The summed E-state index contributed by atoms with van der Waals surface area (Å²) in [4.78, 5) is 27.3. The van der Waals surface area contributed by atoms with Crippen LogP contribution < -0.4 is 4.90 Å². The van der Waals surface area contributed by atoms with Gasteiger partial charge in [-0.2, -0.15) is 5.26 Å². The summed E-state index contributed by atoms with van der Waals surface area (Å²) in [7, 11) is 0. The first-order chi connectivity index (χ1) is 11.4. The van der Waals surface area contributed by atoms with Gasteiger partial charge >= 0.3 is 6.09 Å². The lowest BCUT2D eigenvalue weighted by molar-refractivity contribution is 0.0901. The summed E-state index contributed by atoms with van der Waals surface area (Å²) in [5, 5.41) is 9.29. The SMILES string of the molecule is CC(=O)c1ccc(C#N)c(N2CCN(C(=O)OCC(C)C)CC2)c1. The molecule has 1 saturated heterocycles. The smallest absolute Gasteiger partial charge is 0.409 e. The van der Waals surface area contributed by atoms with E-state index in [0.717, 1.165) is 5.69 Å². The number of carbonyl (C=O) groups is 2. The number of amides is 1. The van der Waals surface area contributed by atoms with Crippen molar-refractivity contribution in [1.29, 1.82) is 5.26 Å². The molecule has 0 radical (unpaired) electrons. The normalized spacial score (nSPS) is 14.5. The maximum absolute atomic E-state index is 12.0. The van der Waals surface area contributed by atoms with Crippen molar-refractivity contribution in [2.75, 3.05) is 37.7 Å². The molecular formula is C18H23N3O3. The number of nitriles is 1. The highest BCUT2D eigenvalue weighted by molar-refractivity contribution is 5.95. The van der Waals surface area contributed by atoms with Crippen LogP contribution in [0.25, 0.3) is 0 Å². The van der Waals surface area contributed by atoms with Gasteiger partial charge in [0.25, 0.3) is 0 Å². The molecule has 1 fully saturated rings. The van der Waals surface area contributed by atoms with Gasteiger partial charge in [0.05, 0.1) is 17.9 Å². The van der Waals surface area contributed by atoms with E-state index in [1.165, 1.54) is 6.92 Å². The highest BCUT2D eigenvalue weighted by Gasteiger charge is 2.24. The third-order valence-corrected chi connectivity index (χ3v) is 3.94. The van der Waals surface area contributed by atoms with Crippen LogP contribution in [-0.4, -0.2) is 49.6 Å². The minimum atomic E-state index is -0.290. The molecular weight excluding hydrogens is 306 g/mol. The number of nitrogens with zero attached hydrogens (tertiary/aromatic N) is 3. The molecule has 1 amide bonds. The number of carbonyl (C=O) groups excluding carboxylic acids is 2. The molecule has 1 heterocycles. The summed E-state index contributed by atoms with van der Waals surface area (Å²) < 4.78 is 5.25. The predicted octanol–water partition coefficient (Wildman–Crippen LogP) is 2.68. The van der Waals surface area contributed by atoms with E-state index in [1.807, 2.05) is 18.7 Å². The molecule has 0 atom stereocenters. The molecule has 2 rings (SSSR count). The summed E-state index contributed by atoms with van der Waals surface area (Å²) in [6.07, 6.45) is -0.290. The molecule has 1 aromatic rings. The zero-order valence-corrected chi connectivity index (χ0v) is 14.4. The summed E-state index contributed by atoms with van der Waals surface area (Å²) in [6.45, 7) is 8.19. The van der Waals surface area contributed by atoms with Gasteiger partial charge in [-0.1, -0.05) is 13.8 Å². The third kappa shape index (κ3) is 4.25. The van der Waals surface area contributed by atoms with Crippen LogP contribution in [-0.2, 0) is 4.74 Å². The standard InChI is InChI=1S/C18H23N3O3/c1-13(2)12-24-18(23)21-8-6-20(7-9-21)17-10-15(14(3)22)4-5-16(17)11-19/h4-5,10,13H,6-9,12H2,1-3H3. The lowest BCUT2D eigenvalue weighted by Gasteiger charge is -2.36. The van der Waals surface area contributed by atoms with Crippen molar-refractivity contribution in [3.05, 3.63) is 29.3 Å². The number of anilines is 1. The molecule has 6 nitrogen and oxygen atoms in total. The molecule has 128 valence electrons. The molecule has 0 unspecified atom stereocenters. The van der Waals surface area contributed by atoms with E-state index in [0.29, 0.717) is 49.8 Å². The lowest BCUT2D eigenvalue weighted by atomic mass is 10.1. The van der Waals surface area contributed by atoms with Crippen LogP contribution in [0, 0.1) is 17.2 Å². The lowest BCUT2D eigenvalue weighted by Crippen LogP contribution is -2.49. The first-order valence-electron chi connectivity index (χ1n) is 8.14. The zero-order chi connectivity index (χ0) is 17.7. The van der Waals surface area contributed by atoms with Gasteiger partial charge in [0.2, 0.25) is 0 Å². The highest BCUT2D eigenvalue weighted by atomic mass is 16.6. The second kappa shape index (κ2) is 7.82. The molecule has 1 aliphatic heterocycles. The Balaban J connectivity index is 2.04. The molecule has 6 heteroatoms. The summed E-state index contributed by atoms with van der Waals surface area (Å²) >= 11 is 0. The number of benzene rings is 1. The predicted molar refractivity (Wildman–Crippen MR) is 91.1 cm³/mol. The topological polar surface area (TPSA) is 73.6 Å². The Hall–Kier alpha value is -2.55. The van der Waals surface area contributed by atoms with Crippen molar-refractivity contribution in [3.8, 4) is 6.07 Å². The molecule has 0 spiro atoms. The van der Waals surface area contributed by atoms with E-state index in [-0.39, 0.29) is 11.9 Å². The Morgan fingerprint density at radius 3 is 2.46 bits per heavy atom. The third-order valence-electron chi connectivity index (χ3n) is 3.94. The Morgan fingerprint density at radius 1 is 1.25 bits per heavy atom. The maximum atomic E-state index is 12.0. The highest BCUT2D eigenvalue weighted by Crippen LogP contribution is 2.23. The van der Waals surface area contributed by atoms with Crippen LogP contribution in [0.15, 0.2) is 18.2 Å². The number of ketones is 1. The minimum Gasteiger partial charge on any atom is -0.449 e. The van der Waals surface area contributed by atoms with Crippen molar-refractivity contribution in [2.24, 2.45) is 5.92 Å². The number of hydrogen-bond donors (Lipinski definition) is 0. The molecule has 0 bridgehead atoms. The Morgan fingerprint density at radius 2 is 1.92 bits per heavy atom. The van der Waals surface area contributed by atoms with Crippen LogP contribution in [0.4, 0.5) is 10.5 Å². The van der Waals surface area contributed by atoms with E-state index in [2.05, 4.69) is 6.07 Å². The van der Waals surface area contributed by atoms with Gasteiger partial charge in [0.15, 0.2) is 5.78 Å². The molecule has 1 aromatic carbocycles. The molecule has 0 N–H and O–H groups in total. The fourth-order valence-corrected chi connectivity index (χ4v) is 2.57. The second-order valence-corrected chi connectivity index (χ2v) is 6.34. The van der Waals surface area contributed by atoms with Gasteiger partial charge in [0.1, 0.15) is 6.07 Å². The first kappa shape index (κ1) is 17.8. The van der Waals surface area contributed by atoms with Crippen molar-refractivity contribution in [2.45, 2.75) is 20.8 Å². The Bertz CT molecular complexity index is 656. The van der Waals surface area contributed by atoms with Gasteiger partial charge in [0, 0.05) is 31.7 Å². The summed E-state index contributed by atoms with van der Waals surface area (Å²) in [5.41, 5.74) is 1.87. The van der Waals surface area contributed by atoms with Gasteiger partial charge in [-0.25, -0.2) is 4.79 Å². The number of piperazine rings is 1. The minimum absolute atomic E-state index is 0.0309. The average Bonchev–Trinajstić information content (AvgIpc) is 2.59. The van der Waals surface area contributed by atoms with Crippen LogP contribution >= 0.6 is 0 Å². The Kier molecular flexibility index (Phi) is 5.80. The van der Waals surface area contributed by atoms with Crippen LogP contribution in [0.1, 0.15) is 36.7 Å². The van der Waals surface area contributed by atoms with Crippen LogP contribution in [0.5, 0.6) is 0 Å². The van der Waals surface area contributed by atoms with Gasteiger partial charge in [-0.15, -0.1) is 0 Å². The quantitative estimate of drug-likeness (QED) is 0.794. The van der Waals surface area contributed by atoms with Gasteiger partial charge < -0.3 is 14.5 Å². The number of ether oxygens (including phenoxy) is 1. The van der Waals surface area contributed by atoms with Gasteiger partial charge in [-0.05, 0) is 31.0 Å². The monoisotopic (exact) mass is 329 g/mol.